The molecule has 2 amide bonds. The number of aromatic nitrogens is 2. The fraction of sp³-hybridized carbons (Fsp3) is 0.613. The summed E-state index contributed by atoms with van der Waals surface area (Å²) in [6.07, 6.45) is -2.90. The molecule has 0 bridgehead atoms. The molecule has 3 N–H and O–H groups in total. The van der Waals surface area contributed by atoms with Gasteiger partial charge in [0.15, 0.2) is 0 Å². The molecule has 4 rings (SSSR count). The van der Waals surface area contributed by atoms with Crippen LogP contribution in [0, 0.1) is 5.92 Å². The van der Waals surface area contributed by atoms with Crippen molar-refractivity contribution >= 4 is 34.1 Å². The Balaban J connectivity index is 0.000000335. The standard InChI is InChI=1S/C20H30F3N5O4S.C11H12F3NO2/c21-20(22,23)19-25-16(27-9-1-2-10-27)14-17(26-19)28-11-6-15(7-12-28)4-3-5-18(29)24-8-13-33(30,31)32;1-17-10-6-9(11(12,13)14)3-2-8(10)4-5-15-7-16/h14-15H,1-13H2,(H,24,29)(H,30,31,32);2-3,6-7H,4-5H2,1H3,(H,15,16). The molecule has 12 nitrogen and oxygen atoms in total. The normalized spacial score (nSPS) is 15.7. The zero-order chi connectivity index (χ0) is 37.0. The molecule has 2 aliphatic heterocycles. The van der Waals surface area contributed by atoms with Gasteiger partial charge in [-0.2, -0.15) is 34.8 Å². The summed E-state index contributed by atoms with van der Waals surface area (Å²) >= 11 is 0. The second-order valence-corrected chi connectivity index (χ2v) is 13.5. The molecule has 0 atom stereocenters. The molecule has 2 fully saturated rings. The molecular weight excluding hydrogens is 698 g/mol. The number of ether oxygens (including phenoxy) is 1. The highest BCUT2D eigenvalue weighted by molar-refractivity contribution is 7.85. The second-order valence-electron chi connectivity index (χ2n) is 11.9. The molecule has 2 aromatic rings. The van der Waals surface area contributed by atoms with Gasteiger partial charge < -0.3 is 25.2 Å². The van der Waals surface area contributed by atoms with Crippen LogP contribution >= 0.6 is 0 Å². The second kappa shape index (κ2) is 18.4. The molecule has 0 unspecified atom stereocenters. The number of nitrogens with one attached hydrogen (secondary N) is 2. The highest BCUT2D eigenvalue weighted by Gasteiger charge is 2.37. The van der Waals surface area contributed by atoms with Crippen molar-refractivity contribution < 1.29 is 53.6 Å². The Bertz CT molecular complexity index is 1510. The van der Waals surface area contributed by atoms with E-state index in [2.05, 4.69) is 20.6 Å². The van der Waals surface area contributed by atoms with Gasteiger partial charge in [-0.05, 0) is 68.6 Å². The highest BCUT2D eigenvalue weighted by Crippen LogP contribution is 2.34. The number of hydrogen-bond donors (Lipinski definition) is 3. The fourth-order valence-electron chi connectivity index (χ4n) is 5.62. The Kier molecular flexibility index (Phi) is 14.9. The van der Waals surface area contributed by atoms with Crippen molar-refractivity contribution in [1.29, 1.82) is 0 Å². The van der Waals surface area contributed by atoms with Crippen molar-refractivity contribution in [3.05, 3.63) is 41.2 Å². The van der Waals surface area contributed by atoms with E-state index in [1.54, 1.807) is 6.07 Å². The molecule has 280 valence electrons. The number of hydrogen-bond acceptors (Lipinski definition) is 9. The van der Waals surface area contributed by atoms with E-state index in [1.807, 2.05) is 9.80 Å². The Morgan fingerprint density at radius 1 is 0.980 bits per heavy atom. The van der Waals surface area contributed by atoms with E-state index in [0.29, 0.717) is 75.1 Å². The third-order valence-corrected chi connectivity index (χ3v) is 8.98. The number of nitrogens with zero attached hydrogens (tertiary/aromatic N) is 4. The van der Waals surface area contributed by atoms with Crippen LogP contribution in [0.25, 0.3) is 0 Å². The molecule has 0 saturated carbocycles. The number of halogens is 6. The molecule has 19 heteroatoms. The molecule has 1 aromatic carbocycles. The van der Waals surface area contributed by atoms with Crippen LogP contribution in [0.1, 0.15) is 61.9 Å². The molecule has 0 aliphatic carbocycles. The molecule has 0 spiro atoms. The molecular formula is C31H42F6N6O6S. The van der Waals surface area contributed by atoms with Crippen molar-refractivity contribution in [2.45, 2.75) is 63.7 Å². The number of amides is 2. The number of anilines is 2. The Morgan fingerprint density at radius 2 is 1.60 bits per heavy atom. The third-order valence-electron chi connectivity index (χ3n) is 8.26. The zero-order valence-corrected chi connectivity index (χ0v) is 28.3. The quantitative estimate of drug-likeness (QED) is 0.109. The van der Waals surface area contributed by atoms with Gasteiger partial charge in [-0.15, -0.1) is 0 Å². The molecule has 0 radical (unpaired) electrons. The smallest absolute Gasteiger partial charge is 0.451 e. The van der Waals surface area contributed by atoms with E-state index in [-0.39, 0.29) is 24.6 Å². The summed E-state index contributed by atoms with van der Waals surface area (Å²) in [6, 6.07) is 4.96. The average Bonchev–Trinajstić information content (AvgIpc) is 3.59. The van der Waals surface area contributed by atoms with Gasteiger partial charge in [-0.3, -0.25) is 14.1 Å². The van der Waals surface area contributed by atoms with Crippen LogP contribution < -0.4 is 25.2 Å². The number of rotatable bonds is 14. The highest BCUT2D eigenvalue weighted by atomic mass is 32.2. The lowest BCUT2D eigenvalue weighted by Crippen LogP contribution is -2.35. The summed E-state index contributed by atoms with van der Waals surface area (Å²) < 4.78 is 112. The number of carbonyl (C=O) groups excluding carboxylic acids is 2. The van der Waals surface area contributed by atoms with Crippen LogP contribution in [0.5, 0.6) is 5.75 Å². The van der Waals surface area contributed by atoms with E-state index in [0.717, 1.165) is 44.2 Å². The van der Waals surface area contributed by atoms with Crippen LogP contribution in [0.4, 0.5) is 38.0 Å². The summed E-state index contributed by atoms with van der Waals surface area (Å²) in [4.78, 5) is 33.1. The van der Waals surface area contributed by atoms with E-state index in [4.69, 9.17) is 9.29 Å². The summed E-state index contributed by atoms with van der Waals surface area (Å²) in [6.45, 7) is 2.77. The number of carbonyl (C=O) groups is 2. The average molecular weight is 741 g/mol. The minimum absolute atomic E-state index is 0.131. The van der Waals surface area contributed by atoms with E-state index in [1.165, 1.54) is 13.2 Å². The first kappa shape index (κ1) is 40.6. The lowest BCUT2D eigenvalue weighted by molar-refractivity contribution is -0.144. The van der Waals surface area contributed by atoms with Crippen molar-refractivity contribution in [1.82, 2.24) is 20.6 Å². The Labute approximate surface area is 286 Å². The molecule has 50 heavy (non-hydrogen) atoms. The topological polar surface area (TPSA) is 154 Å². The van der Waals surface area contributed by atoms with Gasteiger partial charge in [0.1, 0.15) is 17.4 Å². The Hall–Kier alpha value is -3.87. The van der Waals surface area contributed by atoms with E-state index in [9.17, 15) is 44.3 Å². The SMILES string of the molecule is COc1cc(C(F)(F)F)ccc1CCNC=O.O=C(CCCC1CCN(c2cc(N3CCCC3)nc(C(F)(F)F)n2)CC1)NCCS(=O)(=O)O. The predicted molar refractivity (Wildman–Crippen MR) is 172 cm³/mol. The zero-order valence-electron chi connectivity index (χ0n) is 27.5. The largest absolute Gasteiger partial charge is 0.496 e. The first-order chi connectivity index (χ1) is 23.5. The van der Waals surface area contributed by atoms with Crippen LogP contribution in [0.2, 0.25) is 0 Å². The molecule has 1 aromatic heterocycles. The van der Waals surface area contributed by atoms with Crippen molar-refractivity contribution in [3.63, 3.8) is 0 Å². The monoisotopic (exact) mass is 740 g/mol. The van der Waals surface area contributed by atoms with Crippen molar-refractivity contribution in [3.8, 4) is 5.75 Å². The summed E-state index contributed by atoms with van der Waals surface area (Å²) in [5, 5.41) is 4.89. The van der Waals surface area contributed by atoms with Crippen molar-refractivity contribution in [2.75, 3.05) is 61.9 Å². The van der Waals surface area contributed by atoms with Gasteiger partial charge in [0.2, 0.25) is 18.1 Å². The maximum atomic E-state index is 13.4. The first-order valence-electron chi connectivity index (χ1n) is 16.1. The molecule has 2 saturated heterocycles. The maximum Gasteiger partial charge on any atom is 0.451 e. The summed E-state index contributed by atoms with van der Waals surface area (Å²) in [7, 11) is -2.79. The summed E-state index contributed by atoms with van der Waals surface area (Å²) in [5.41, 5.74) is -0.128. The first-order valence-corrected chi connectivity index (χ1v) is 17.7. The van der Waals surface area contributed by atoms with Gasteiger partial charge in [0.05, 0.1) is 18.4 Å². The third kappa shape index (κ3) is 13.4. The van der Waals surface area contributed by atoms with Gasteiger partial charge in [0.25, 0.3) is 10.1 Å². The molecule has 2 aliphatic rings. The number of alkyl halides is 6. The van der Waals surface area contributed by atoms with Crippen molar-refractivity contribution in [2.24, 2.45) is 5.92 Å². The predicted octanol–water partition coefficient (Wildman–Crippen LogP) is 4.49. The maximum absolute atomic E-state index is 13.4. The van der Waals surface area contributed by atoms with Crippen LogP contribution in [-0.2, 0) is 38.5 Å². The van der Waals surface area contributed by atoms with E-state index >= 15 is 0 Å². The summed E-state index contributed by atoms with van der Waals surface area (Å²) in [5.74, 6) is -0.741. The lowest BCUT2D eigenvalue weighted by atomic mass is 9.91. The van der Waals surface area contributed by atoms with Gasteiger partial charge in [0, 0.05) is 51.8 Å². The van der Waals surface area contributed by atoms with E-state index < -0.39 is 39.6 Å². The lowest BCUT2D eigenvalue weighted by Gasteiger charge is -2.33. The van der Waals surface area contributed by atoms with Crippen LogP contribution in [-0.4, -0.2) is 87.4 Å². The van der Waals surface area contributed by atoms with Crippen LogP contribution in [0.3, 0.4) is 0 Å². The fourth-order valence-corrected chi connectivity index (χ4v) is 5.98. The van der Waals surface area contributed by atoms with Gasteiger partial charge in [-0.1, -0.05) is 6.07 Å². The number of methoxy groups -OCH3 is 1. The Morgan fingerprint density at radius 3 is 2.14 bits per heavy atom. The minimum atomic E-state index is -4.61. The number of benzene rings is 1. The number of piperidine rings is 1. The van der Waals surface area contributed by atoms with Gasteiger partial charge >= 0.3 is 12.4 Å². The molecule has 3 heterocycles. The van der Waals surface area contributed by atoms with Crippen LogP contribution in [0.15, 0.2) is 24.3 Å². The minimum Gasteiger partial charge on any atom is -0.496 e. The van der Waals surface area contributed by atoms with Gasteiger partial charge in [-0.25, -0.2) is 9.97 Å².